The van der Waals surface area contributed by atoms with Crippen LogP contribution in [-0.2, 0) is 10.0 Å². The Hall–Kier alpha value is -1.13. The standard InChI is InChI=1S/C13H17N3O2S.ClH/c1-15-12-3-2-8-16(10-12)19(17,18)13-6-4-11(9-14)5-7-13;/h4-7,12,15H,2-3,8,10H2,1H3;1H. The summed E-state index contributed by atoms with van der Waals surface area (Å²) in [4.78, 5) is 0.253. The molecule has 0 radical (unpaired) electrons. The zero-order chi connectivity index (χ0) is 13.9. The Morgan fingerprint density at radius 2 is 2.00 bits per heavy atom. The Balaban J connectivity index is 0.00000200. The minimum Gasteiger partial charge on any atom is -0.316 e. The highest BCUT2D eigenvalue weighted by molar-refractivity contribution is 7.89. The molecule has 20 heavy (non-hydrogen) atoms. The first-order valence-corrected chi connectivity index (χ1v) is 7.69. The zero-order valence-electron chi connectivity index (χ0n) is 11.2. The molecule has 0 bridgehead atoms. The molecule has 1 saturated heterocycles. The molecule has 2 rings (SSSR count). The summed E-state index contributed by atoms with van der Waals surface area (Å²) in [6.45, 7) is 1.05. The SMILES string of the molecule is CNC1CCCN(S(=O)(=O)c2ccc(C#N)cc2)C1.Cl. The van der Waals surface area contributed by atoms with Gasteiger partial charge in [-0.2, -0.15) is 9.57 Å². The van der Waals surface area contributed by atoms with Gasteiger partial charge in [-0.15, -0.1) is 12.4 Å². The minimum absolute atomic E-state index is 0. The number of likely N-dealkylation sites (N-methyl/N-ethyl adjacent to an activating group) is 1. The smallest absolute Gasteiger partial charge is 0.243 e. The van der Waals surface area contributed by atoms with Gasteiger partial charge in [-0.25, -0.2) is 8.42 Å². The number of hydrogen-bond donors (Lipinski definition) is 1. The first kappa shape index (κ1) is 16.9. The average molecular weight is 316 g/mol. The number of nitrogens with zero attached hydrogens (tertiary/aromatic N) is 2. The van der Waals surface area contributed by atoms with Crippen molar-refractivity contribution in [1.82, 2.24) is 9.62 Å². The van der Waals surface area contributed by atoms with Gasteiger partial charge in [0.05, 0.1) is 16.5 Å². The highest BCUT2D eigenvalue weighted by atomic mass is 35.5. The summed E-state index contributed by atoms with van der Waals surface area (Å²) in [5.41, 5.74) is 0.464. The third-order valence-corrected chi connectivity index (χ3v) is 5.29. The van der Waals surface area contributed by atoms with E-state index in [-0.39, 0.29) is 23.3 Å². The van der Waals surface area contributed by atoms with E-state index in [0.29, 0.717) is 18.7 Å². The van der Waals surface area contributed by atoms with Crippen LogP contribution in [0.3, 0.4) is 0 Å². The molecule has 1 N–H and O–H groups in total. The maximum absolute atomic E-state index is 12.5. The number of halogens is 1. The molecule has 0 saturated carbocycles. The van der Waals surface area contributed by atoms with Crippen molar-refractivity contribution in [2.45, 2.75) is 23.8 Å². The van der Waals surface area contributed by atoms with Crippen LogP contribution >= 0.6 is 12.4 Å². The van der Waals surface area contributed by atoms with Gasteiger partial charge in [0.15, 0.2) is 0 Å². The van der Waals surface area contributed by atoms with Gasteiger partial charge in [-0.1, -0.05) is 0 Å². The van der Waals surface area contributed by atoms with Gasteiger partial charge < -0.3 is 5.32 Å². The largest absolute Gasteiger partial charge is 0.316 e. The molecular weight excluding hydrogens is 298 g/mol. The van der Waals surface area contributed by atoms with E-state index >= 15 is 0 Å². The van der Waals surface area contributed by atoms with Gasteiger partial charge in [0.25, 0.3) is 0 Å². The summed E-state index contributed by atoms with van der Waals surface area (Å²) in [6, 6.07) is 8.26. The van der Waals surface area contributed by atoms with Crippen molar-refractivity contribution in [3.8, 4) is 6.07 Å². The van der Waals surface area contributed by atoms with E-state index in [1.807, 2.05) is 13.1 Å². The molecule has 5 nitrogen and oxygen atoms in total. The quantitative estimate of drug-likeness (QED) is 0.914. The molecule has 0 aliphatic carbocycles. The fraction of sp³-hybridized carbons (Fsp3) is 0.462. The van der Waals surface area contributed by atoms with Crippen LogP contribution < -0.4 is 5.32 Å². The van der Waals surface area contributed by atoms with Crippen LogP contribution in [-0.4, -0.2) is 38.9 Å². The second-order valence-electron chi connectivity index (χ2n) is 4.63. The molecule has 1 fully saturated rings. The molecule has 0 aromatic heterocycles. The zero-order valence-corrected chi connectivity index (χ0v) is 12.9. The molecule has 0 spiro atoms. The summed E-state index contributed by atoms with van der Waals surface area (Å²) in [6.07, 6.45) is 1.86. The fourth-order valence-electron chi connectivity index (χ4n) is 2.25. The predicted octanol–water partition coefficient (Wildman–Crippen LogP) is 1.35. The highest BCUT2D eigenvalue weighted by Crippen LogP contribution is 2.20. The van der Waals surface area contributed by atoms with Crippen LogP contribution in [0.15, 0.2) is 29.2 Å². The molecule has 110 valence electrons. The summed E-state index contributed by atoms with van der Waals surface area (Å²) >= 11 is 0. The van der Waals surface area contributed by atoms with Crippen molar-refractivity contribution in [3.63, 3.8) is 0 Å². The average Bonchev–Trinajstić information content (AvgIpc) is 2.47. The maximum Gasteiger partial charge on any atom is 0.243 e. The van der Waals surface area contributed by atoms with Crippen LogP contribution in [0.2, 0.25) is 0 Å². The Kier molecular flexibility index (Phi) is 5.96. The number of sulfonamides is 1. The predicted molar refractivity (Wildman–Crippen MR) is 79.2 cm³/mol. The van der Waals surface area contributed by atoms with E-state index in [4.69, 9.17) is 5.26 Å². The van der Waals surface area contributed by atoms with Crippen molar-refractivity contribution < 1.29 is 8.42 Å². The fourth-order valence-corrected chi connectivity index (χ4v) is 3.77. The molecule has 1 aromatic rings. The first-order chi connectivity index (χ1) is 9.07. The van der Waals surface area contributed by atoms with E-state index in [0.717, 1.165) is 12.8 Å². The van der Waals surface area contributed by atoms with Gasteiger partial charge in [0.1, 0.15) is 0 Å². The van der Waals surface area contributed by atoms with Gasteiger partial charge in [0, 0.05) is 19.1 Å². The van der Waals surface area contributed by atoms with Crippen molar-refractivity contribution in [2.75, 3.05) is 20.1 Å². The summed E-state index contributed by atoms with van der Waals surface area (Å²) in [5, 5.41) is 11.9. The molecule has 1 heterocycles. The molecule has 1 aromatic carbocycles. The molecule has 1 aliphatic heterocycles. The van der Waals surface area contributed by atoms with Crippen LogP contribution in [0.4, 0.5) is 0 Å². The second kappa shape index (κ2) is 7.04. The van der Waals surface area contributed by atoms with E-state index in [1.54, 1.807) is 0 Å². The van der Waals surface area contributed by atoms with Crippen LogP contribution in [0, 0.1) is 11.3 Å². The number of rotatable bonds is 3. The molecule has 1 atom stereocenters. The van der Waals surface area contributed by atoms with Gasteiger partial charge >= 0.3 is 0 Å². The first-order valence-electron chi connectivity index (χ1n) is 6.25. The normalized spacial score (nSPS) is 19.9. The van der Waals surface area contributed by atoms with E-state index in [9.17, 15) is 8.42 Å². The minimum atomic E-state index is -3.45. The van der Waals surface area contributed by atoms with Crippen molar-refractivity contribution in [3.05, 3.63) is 29.8 Å². The number of piperidine rings is 1. The van der Waals surface area contributed by atoms with Crippen molar-refractivity contribution in [1.29, 1.82) is 5.26 Å². The van der Waals surface area contributed by atoms with Crippen molar-refractivity contribution in [2.24, 2.45) is 0 Å². The van der Waals surface area contributed by atoms with Gasteiger partial charge in [-0.05, 0) is 44.2 Å². The van der Waals surface area contributed by atoms with Crippen LogP contribution in [0.25, 0.3) is 0 Å². The number of benzene rings is 1. The molecule has 1 unspecified atom stereocenters. The van der Waals surface area contributed by atoms with E-state index in [1.165, 1.54) is 28.6 Å². The summed E-state index contributed by atoms with van der Waals surface area (Å²) in [7, 11) is -1.60. The molecule has 1 aliphatic rings. The lowest BCUT2D eigenvalue weighted by Crippen LogP contribution is -2.46. The number of nitrogens with one attached hydrogen (secondary N) is 1. The lowest BCUT2D eigenvalue weighted by Gasteiger charge is -2.31. The second-order valence-corrected chi connectivity index (χ2v) is 6.56. The lowest BCUT2D eigenvalue weighted by molar-refractivity contribution is 0.293. The van der Waals surface area contributed by atoms with Crippen LogP contribution in [0.1, 0.15) is 18.4 Å². The summed E-state index contributed by atoms with van der Waals surface area (Å²) < 4.78 is 26.4. The van der Waals surface area contributed by atoms with Crippen molar-refractivity contribution >= 4 is 22.4 Å². The van der Waals surface area contributed by atoms with Gasteiger partial charge in [0.2, 0.25) is 10.0 Å². The lowest BCUT2D eigenvalue weighted by atomic mass is 10.1. The van der Waals surface area contributed by atoms with Gasteiger partial charge in [-0.3, -0.25) is 0 Å². The number of hydrogen-bond acceptors (Lipinski definition) is 4. The Morgan fingerprint density at radius 3 is 2.55 bits per heavy atom. The molecular formula is C13H18ClN3O2S. The third kappa shape index (κ3) is 3.49. The monoisotopic (exact) mass is 315 g/mol. The summed E-state index contributed by atoms with van der Waals surface area (Å²) in [5.74, 6) is 0. The Labute approximate surface area is 126 Å². The van der Waals surface area contributed by atoms with E-state index in [2.05, 4.69) is 5.32 Å². The van der Waals surface area contributed by atoms with Crippen LogP contribution in [0.5, 0.6) is 0 Å². The maximum atomic E-state index is 12.5. The number of nitriles is 1. The molecule has 0 amide bonds. The Morgan fingerprint density at radius 1 is 1.35 bits per heavy atom. The highest BCUT2D eigenvalue weighted by Gasteiger charge is 2.29. The third-order valence-electron chi connectivity index (χ3n) is 3.41. The molecule has 7 heteroatoms. The topological polar surface area (TPSA) is 73.2 Å². The Bertz CT molecular complexity index is 581. The van der Waals surface area contributed by atoms with E-state index < -0.39 is 10.0 Å².